The fourth-order valence-corrected chi connectivity index (χ4v) is 6.05. The van der Waals surface area contributed by atoms with Gasteiger partial charge in [-0.25, -0.2) is 8.42 Å². The predicted molar refractivity (Wildman–Crippen MR) is 98.5 cm³/mol. The van der Waals surface area contributed by atoms with Gasteiger partial charge in [-0.3, -0.25) is 9.59 Å². The summed E-state index contributed by atoms with van der Waals surface area (Å²) in [5.74, 6) is -0.627. The summed E-state index contributed by atoms with van der Waals surface area (Å²) in [7, 11) is -2.96. The molecule has 1 heterocycles. The second-order valence-corrected chi connectivity index (χ2v) is 9.79. The van der Waals surface area contributed by atoms with Crippen LogP contribution in [0.15, 0.2) is 24.3 Å². The molecule has 1 amide bonds. The minimum Gasteiger partial charge on any atom is -0.455 e. The Morgan fingerprint density at radius 1 is 1.44 bits per heavy atom. The molecule has 2 rings (SSSR count). The van der Waals surface area contributed by atoms with E-state index >= 15 is 0 Å². The van der Waals surface area contributed by atoms with Crippen molar-refractivity contribution >= 4 is 45.1 Å². The number of halogens is 1. The van der Waals surface area contributed by atoms with Crippen LogP contribution in [0, 0.1) is 0 Å². The third-order valence-corrected chi connectivity index (χ3v) is 7.21. The zero-order chi connectivity index (χ0) is 18.4. The van der Waals surface area contributed by atoms with Crippen molar-refractivity contribution < 1.29 is 22.7 Å². The third kappa shape index (κ3) is 6.87. The fourth-order valence-electron chi connectivity index (χ4n) is 2.41. The topological polar surface area (TPSA) is 89.5 Å². The van der Waals surface area contributed by atoms with E-state index in [9.17, 15) is 18.0 Å². The van der Waals surface area contributed by atoms with Gasteiger partial charge in [-0.1, -0.05) is 23.7 Å². The highest BCUT2D eigenvalue weighted by Crippen LogP contribution is 2.24. The van der Waals surface area contributed by atoms with Crippen LogP contribution < -0.4 is 5.32 Å². The lowest BCUT2D eigenvalue weighted by molar-refractivity contribution is -0.146. The summed E-state index contributed by atoms with van der Waals surface area (Å²) in [4.78, 5) is 23.5. The van der Waals surface area contributed by atoms with Crippen LogP contribution in [0.25, 0.3) is 0 Å². The van der Waals surface area contributed by atoms with E-state index in [2.05, 4.69) is 5.32 Å². The molecule has 0 bridgehead atoms. The van der Waals surface area contributed by atoms with E-state index in [-0.39, 0.29) is 35.2 Å². The molecule has 0 aliphatic carbocycles. The molecule has 0 radical (unpaired) electrons. The first-order valence-electron chi connectivity index (χ1n) is 7.77. The van der Waals surface area contributed by atoms with E-state index in [1.54, 1.807) is 18.2 Å². The van der Waals surface area contributed by atoms with Crippen LogP contribution in [0.3, 0.4) is 0 Å². The van der Waals surface area contributed by atoms with Gasteiger partial charge in [-0.2, -0.15) is 0 Å². The first kappa shape index (κ1) is 20.1. The van der Waals surface area contributed by atoms with Gasteiger partial charge in [-0.05, 0) is 31.0 Å². The van der Waals surface area contributed by atoms with Crippen LogP contribution in [-0.2, 0) is 24.2 Å². The molecular weight excluding hydrogens is 386 g/mol. The van der Waals surface area contributed by atoms with E-state index in [0.717, 1.165) is 5.56 Å². The van der Waals surface area contributed by atoms with Crippen molar-refractivity contribution in [3.05, 3.63) is 34.9 Å². The largest absolute Gasteiger partial charge is 0.455 e. The quantitative estimate of drug-likeness (QED) is 0.697. The Bertz CT molecular complexity index is 738. The average molecular weight is 406 g/mol. The number of nitrogens with one attached hydrogen (secondary N) is 1. The van der Waals surface area contributed by atoms with Crippen LogP contribution in [0.4, 0.5) is 0 Å². The maximum atomic E-state index is 11.9. The normalized spacial score (nSPS) is 20.0. The van der Waals surface area contributed by atoms with Crippen LogP contribution in [-0.4, -0.2) is 49.4 Å². The summed E-state index contributed by atoms with van der Waals surface area (Å²) in [5.41, 5.74) is 0.852. The SMILES string of the molecule is C[C@H](NC(=O)COC(=O)CS[C@H]1CCS(=O)(=O)C1)c1cccc(Cl)c1. The average Bonchev–Trinajstić information content (AvgIpc) is 2.90. The van der Waals surface area contributed by atoms with Gasteiger partial charge < -0.3 is 10.1 Å². The van der Waals surface area contributed by atoms with Crippen LogP contribution in [0.2, 0.25) is 5.02 Å². The van der Waals surface area contributed by atoms with Gasteiger partial charge in [0.15, 0.2) is 16.4 Å². The summed E-state index contributed by atoms with van der Waals surface area (Å²) in [6.45, 7) is 1.44. The number of hydrogen-bond acceptors (Lipinski definition) is 6. The molecule has 0 aromatic heterocycles. The van der Waals surface area contributed by atoms with Crippen molar-refractivity contribution in [2.45, 2.75) is 24.6 Å². The van der Waals surface area contributed by atoms with Gasteiger partial charge in [0.25, 0.3) is 5.91 Å². The van der Waals surface area contributed by atoms with Crippen molar-refractivity contribution in [2.75, 3.05) is 23.9 Å². The van der Waals surface area contributed by atoms with Gasteiger partial charge in [0, 0.05) is 10.3 Å². The van der Waals surface area contributed by atoms with Gasteiger partial charge in [0.2, 0.25) is 0 Å². The number of rotatable bonds is 7. The molecule has 25 heavy (non-hydrogen) atoms. The molecule has 0 spiro atoms. The summed E-state index contributed by atoms with van der Waals surface area (Å²) in [5, 5.41) is 3.23. The molecule has 9 heteroatoms. The lowest BCUT2D eigenvalue weighted by atomic mass is 10.1. The molecule has 1 aromatic carbocycles. The lowest BCUT2D eigenvalue weighted by Gasteiger charge is -2.15. The number of hydrogen-bond donors (Lipinski definition) is 1. The van der Waals surface area contributed by atoms with Crippen molar-refractivity contribution in [3.63, 3.8) is 0 Å². The van der Waals surface area contributed by atoms with Crippen molar-refractivity contribution in [1.82, 2.24) is 5.32 Å². The molecule has 1 N–H and O–H groups in total. The molecule has 1 aromatic rings. The summed E-state index contributed by atoms with van der Waals surface area (Å²) in [6, 6.07) is 6.87. The van der Waals surface area contributed by atoms with Gasteiger partial charge in [-0.15, -0.1) is 11.8 Å². The second kappa shape index (κ2) is 8.91. The second-order valence-electron chi connectivity index (χ2n) is 5.84. The van der Waals surface area contributed by atoms with E-state index in [4.69, 9.17) is 16.3 Å². The Kier molecular flexibility index (Phi) is 7.15. The van der Waals surface area contributed by atoms with Crippen LogP contribution in [0.5, 0.6) is 0 Å². The standard InChI is InChI=1S/C16H20ClNO5S2/c1-11(12-3-2-4-13(17)7-12)18-15(19)8-23-16(20)9-24-14-5-6-25(21,22)10-14/h2-4,7,11,14H,5-6,8-10H2,1H3,(H,18,19)/t11-,14-/m0/s1. The monoisotopic (exact) mass is 405 g/mol. The molecule has 1 aliphatic heterocycles. The Hall–Kier alpha value is -1.25. The first-order valence-corrected chi connectivity index (χ1v) is 11.0. The van der Waals surface area contributed by atoms with Gasteiger partial charge in [0.1, 0.15) is 0 Å². The highest BCUT2D eigenvalue weighted by Gasteiger charge is 2.28. The molecule has 2 atom stereocenters. The Balaban J connectivity index is 1.68. The maximum Gasteiger partial charge on any atom is 0.316 e. The molecule has 1 aliphatic rings. The minimum absolute atomic E-state index is 0.0390. The fraction of sp³-hybridized carbons (Fsp3) is 0.500. The Morgan fingerprint density at radius 3 is 2.84 bits per heavy atom. The molecule has 0 unspecified atom stereocenters. The number of sulfone groups is 1. The summed E-state index contributed by atoms with van der Waals surface area (Å²) >= 11 is 7.17. The molecule has 6 nitrogen and oxygen atoms in total. The molecule has 138 valence electrons. The maximum absolute atomic E-state index is 11.9. The van der Waals surface area contributed by atoms with Crippen LogP contribution >= 0.6 is 23.4 Å². The Labute approximate surface area is 156 Å². The molecule has 1 saturated heterocycles. The smallest absolute Gasteiger partial charge is 0.316 e. The molecular formula is C16H20ClNO5S2. The Morgan fingerprint density at radius 2 is 2.20 bits per heavy atom. The number of esters is 1. The number of carbonyl (C=O) groups is 2. The first-order chi connectivity index (χ1) is 11.7. The number of amides is 1. The highest BCUT2D eigenvalue weighted by atomic mass is 35.5. The number of ether oxygens (including phenoxy) is 1. The van der Waals surface area contributed by atoms with Gasteiger partial charge in [0.05, 0.1) is 23.3 Å². The van der Waals surface area contributed by atoms with Crippen molar-refractivity contribution in [1.29, 1.82) is 0 Å². The van der Waals surface area contributed by atoms with Gasteiger partial charge >= 0.3 is 5.97 Å². The van der Waals surface area contributed by atoms with Crippen molar-refractivity contribution in [3.8, 4) is 0 Å². The van der Waals surface area contributed by atoms with Crippen LogP contribution in [0.1, 0.15) is 24.9 Å². The zero-order valence-electron chi connectivity index (χ0n) is 13.7. The minimum atomic E-state index is -2.96. The summed E-state index contributed by atoms with van der Waals surface area (Å²) in [6.07, 6.45) is 0.553. The van der Waals surface area contributed by atoms with E-state index in [1.165, 1.54) is 11.8 Å². The third-order valence-electron chi connectivity index (χ3n) is 3.72. The number of benzene rings is 1. The zero-order valence-corrected chi connectivity index (χ0v) is 16.1. The molecule has 1 fully saturated rings. The molecule has 0 saturated carbocycles. The number of thioether (sulfide) groups is 1. The predicted octanol–water partition coefficient (Wildman–Crippen LogP) is 1.98. The van der Waals surface area contributed by atoms with E-state index < -0.39 is 21.7 Å². The van der Waals surface area contributed by atoms with Crippen molar-refractivity contribution in [2.24, 2.45) is 0 Å². The number of carbonyl (C=O) groups excluding carboxylic acids is 2. The van der Waals surface area contributed by atoms with E-state index in [0.29, 0.717) is 11.4 Å². The highest BCUT2D eigenvalue weighted by molar-refractivity contribution is 8.02. The lowest BCUT2D eigenvalue weighted by Crippen LogP contribution is -2.31. The summed E-state index contributed by atoms with van der Waals surface area (Å²) < 4.78 is 27.6. The van der Waals surface area contributed by atoms with E-state index in [1.807, 2.05) is 13.0 Å².